The highest BCUT2D eigenvalue weighted by Crippen LogP contribution is 2.12. The number of hydrogen-bond donors (Lipinski definition) is 1. The smallest absolute Gasteiger partial charge is 0.123 e. The maximum absolute atomic E-state index is 12.7. The quantitative estimate of drug-likeness (QED) is 0.705. The summed E-state index contributed by atoms with van der Waals surface area (Å²) in [6, 6.07) is 7.01. The van der Waals surface area contributed by atoms with E-state index in [0.717, 1.165) is 12.1 Å². The van der Waals surface area contributed by atoms with Crippen LogP contribution in [0, 0.1) is 5.82 Å². The van der Waals surface area contributed by atoms with Gasteiger partial charge in [-0.1, -0.05) is 31.9 Å². The third-order valence-corrected chi connectivity index (χ3v) is 2.60. The number of unbranched alkanes of at least 4 members (excludes halogenated alkanes) is 2. The fourth-order valence-corrected chi connectivity index (χ4v) is 1.56. The molecule has 0 aromatic heterocycles. The van der Waals surface area contributed by atoms with Gasteiger partial charge in [0, 0.05) is 6.04 Å². The normalized spacial score (nSPS) is 12.7. The van der Waals surface area contributed by atoms with Gasteiger partial charge in [-0.15, -0.1) is 0 Å². The topological polar surface area (TPSA) is 12.0 Å². The average molecular weight is 209 g/mol. The summed E-state index contributed by atoms with van der Waals surface area (Å²) in [6.45, 7) is 5.34. The number of benzene rings is 1. The van der Waals surface area contributed by atoms with E-state index in [-0.39, 0.29) is 5.82 Å². The Balaban J connectivity index is 2.33. The Labute approximate surface area is 91.7 Å². The first-order chi connectivity index (χ1) is 7.24. The minimum absolute atomic E-state index is 0.170. The lowest BCUT2D eigenvalue weighted by Gasteiger charge is -2.13. The minimum Gasteiger partial charge on any atom is -0.310 e. The van der Waals surface area contributed by atoms with Gasteiger partial charge in [0.25, 0.3) is 0 Å². The first kappa shape index (κ1) is 12.2. The summed E-state index contributed by atoms with van der Waals surface area (Å²) >= 11 is 0. The van der Waals surface area contributed by atoms with Crippen molar-refractivity contribution in [2.75, 3.05) is 6.54 Å². The van der Waals surface area contributed by atoms with Crippen molar-refractivity contribution in [2.45, 2.75) is 39.2 Å². The Bertz CT molecular complexity index is 268. The number of nitrogens with one attached hydrogen (secondary N) is 1. The van der Waals surface area contributed by atoms with Crippen molar-refractivity contribution in [3.8, 4) is 0 Å². The van der Waals surface area contributed by atoms with Gasteiger partial charge in [-0.3, -0.25) is 0 Å². The average Bonchev–Trinajstić information content (AvgIpc) is 2.25. The third-order valence-electron chi connectivity index (χ3n) is 2.60. The molecule has 1 rings (SSSR count). The lowest BCUT2D eigenvalue weighted by molar-refractivity contribution is 0.542. The Morgan fingerprint density at radius 1 is 1.20 bits per heavy atom. The maximum atomic E-state index is 12.7. The summed E-state index contributed by atoms with van der Waals surface area (Å²) in [6.07, 6.45) is 3.72. The number of hydrogen-bond acceptors (Lipinski definition) is 1. The highest BCUT2D eigenvalue weighted by molar-refractivity contribution is 5.19. The molecule has 0 saturated heterocycles. The second-order valence-corrected chi connectivity index (χ2v) is 3.93. The molecule has 0 spiro atoms. The minimum atomic E-state index is -0.170. The van der Waals surface area contributed by atoms with Crippen LogP contribution in [0.4, 0.5) is 4.39 Å². The van der Waals surface area contributed by atoms with Gasteiger partial charge in [-0.05, 0) is 37.6 Å². The summed E-state index contributed by atoms with van der Waals surface area (Å²) in [5.41, 5.74) is 1.15. The van der Waals surface area contributed by atoms with Gasteiger partial charge in [0.1, 0.15) is 5.82 Å². The Hall–Kier alpha value is -0.890. The van der Waals surface area contributed by atoms with Gasteiger partial charge < -0.3 is 5.32 Å². The summed E-state index contributed by atoms with van der Waals surface area (Å²) < 4.78 is 12.7. The van der Waals surface area contributed by atoms with Gasteiger partial charge in [-0.25, -0.2) is 4.39 Å². The molecule has 2 heteroatoms. The molecule has 0 aliphatic carbocycles. The van der Waals surface area contributed by atoms with Crippen molar-refractivity contribution < 1.29 is 4.39 Å². The zero-order valence-electron chi connectivity index (χ0n) is 9.59. The van der Waals surface area contributed by atoms with E-state index in [4.69, 9.17) is 0 Å². The zero-order valence-corrected chi connectivity index (χ0v) is 9.59. The standard InChI is InChI=1S/C13H20FN/c1-3-4-5-10-15-11(2)12-6-8-13(14)9-7-12/h6-9,11,15H,3-5,10H2,1-2H3/t11-/m0/s1. The molecule has 1 aromatic carbocycles. The van der Waals surface area contributed by atoms with E-state index in [2.05, 4.69) is 19.2 Å². The van der Waals surface area contributed by atoms with Crippen LogP contribution in [0.1, 0.15) is 44.7 Å². The molecular formula is C13H20FN. The summed E-state index contributed by atoms with van der Waals surface area (Å²) in [5, 5.41) is 3.43. The summed E-state index contributed by atoms with van der Waals surface area (Å²) in [7, 11) is 0. The molecule has 0 unspecified atom stereocenters. The molecule has 1 nitrogen and oxygen atoms in total. The van der Waals surface area contributed by atoms with Crippen LogP contribution < -0.4 is 5.32 Å². The van der Waals surface area contributed by atoms with Crippen molar-refractivity contribution in [2.24, 2.45) is 0 Å². The molecular weight excluding hydrogens is 189 g/mol. The first-order valence-corrected chi connectivity index (χ1v) is 5.73. The highest BCUT2D eigenvalue weighted by Gasteiger charge is 2.03. The fourth-order valence-electron chi connectivity index (χ4n) is 1.56. The first-order valence-electron chi connectivity index (χ1n) is 5.73. The molecule has 0 heterocycles. The molecule has 0 radical (unpaired) electrons. The Kier molecular flexibility index (Phi) is 5.33. The molecule has 0 fully saturated rings. The van der Waals surface area contributed by atoms with Crippen molar-refractivity contribution >= 4 is 0 Å². The largest absolute Gasteiger partial charge is 0.310 e. The molecule has 1 N–H and O–H groups in total. The van der Waals surface area contributed by atoms with Crippen LogP contribution >= 0.6 is 0 Å². The van der Waals surface area contributed by atoms with Crippen LogP contribution in [0.2, 0.25) is 0 Å². The second kappa shape index (κ2) is 6.57. The van der Waals surface area contributed by atoms with Crippen LogP contribution in [0.25, 0.3) is 0 Å². The van der Waals surface area contributed by atoms with Crippen molar-refractivity contribution in [1.29, 1.82) is 0 Å². The number of rotatable bonds is 6. The van der Waals surface area contributed by atoms with Gasteiger partial charge in [0.05, 0.1) is 0 Å². The number of halogens is 1. The van der Waals surface area contributed by atoms with E-state index in [1.807, 2.05) is 12.1 Å². The fraction of sp³-hybridized carbons (Fsp3) is 0.538. The van der Waals surface area contributed by atoms with E-state index in [0.29, 0.717) is 6.04 Å². The predicted molar refractivity (Wildman–Crippen MR) is 62.3 cm³/mol. The van der Waals surface area contributed by atoms with Crippen molar-refractivity contribution in [1.82, 2.24) is 5.32 Å². The van der Waals surface area contributed by atoms with E-state index < -0.39 is 0 Å². The second-order valence-electron chi connectivity index (χ2n) is 3.93. The van der Waals surface area contributed by atoms with Crippen molar-refractivity contribution in [3.63, 3.8) is 0 Å². The lowest BCUT2D eigenvalue weighted by Crippen LogP contribution is -2.19. The highest BCUT2D eigenvalue weighted by atomic mass is 19.1. The van der Waals surface area contributed by atoms with E-state index in [1.54, 1.807) is 0 Å². The monoisotopic (exact) mass is 209 g/mol. The SMILES string of the molecule is CCCCCN[C@@H](C)c1ccc(F)cc1. The van der Waals surface area contributed by atoms with Crippen LogP contribution in [0.5, 0.6) is 0 Å². The predicted octanol–water partition coefficient (Wildman–Crippen LogP) is 3.67. The van der Waals surface area contributed by atoms with E-state index >= 15 is 0 Å². The maximum Gasteiger partial charge on any atom is 0.123 e. The molecule has 84 valence electrons. The summed E-state index contributed by atoms with van der Waals surface area (Å²) in [4.78, 5) is 0. The molecule has 1 aromatic rings. The third kappa shape index (κ3) is 4.43. The summed E-state index contributed by atoms with van der Waals surface area (Å²) in [5.74, 6) is -0.170. The van der Waals surface area contributed by atoms with Crippen LogP contribution in [0.3, 0.4) is 0 Å². The van der Waals surface area contributed by atoms with Crippen LogP contribution in [-0.2, 0) is 0 Å². The van der Waals surface area contributed by atoms with Crippen LogP contribution in [0.15, 0.2) is 24.3 Å². The van der Waals surface area contributed by atoms with Crippen LogP contribution in [-0.4, -0.2) is 6.54 Å². The van der Waals surface area contributed by atoms with E-state index in [9.17, 15) is 4.39 Å². The van der Waals surface area contributed by atoms with Gasteiger partial charge in [-0.2, -0.15) is 0 Å². The van der Waals surface area contributed by atoms with Gasteiger partial charge in [0.15, 0.2) is 0 Å². The zero-order chi connectivity index (χ0) is 11.1. The molecule has 15 heavy (non-hydrogen) atoms. The Morgan fingerprint density at radius 3 is 2.47 bits per heavy atom. The molecule has 0 aliphatic rings. The van der Waals surface area contributed by atoms with Gasteiger partial charge in [0.2, 0.25) is 0 Å². The Morgan fingerprint density at radius 2 is 1.87 bits per heavy atom. The van der Waals surface area contributed by atoms with E-state index in [1.165, 1.54) is 31.4 Å². The molecule has 0 bridgehead atoms. The van der Waals surface area contributed by atoms with Gasteiger partial charge >= 0.3 is 0 Å². The van der Waals surface area contributed by atoms with Crippen molar-refractivity contribution in [3.05, 3.63) is 35.6 Å². The molecule has 0 aliphatic heterocycles. The lowest BCUT2D eigenvalue weighted by atomic mass is 10.1. The molecule has 0 saturated carbocycles. The molecule has 0 amide bonds. The molecule has 1 atom stereocenters.